The van der Waals surface area contributed by atoms with Gasteiger partial charge in [0, 0.05) is 18.7 Å². The first kappa shape index (κ1) is 18.6. The number of sulfonamides is 1. The van der Waals surface area contributed by atoms with Gasteiger partial charge in [0.2, 0.25) is 10.0 Å². The molecule has 0 rings (SSSR count). The minimum absolute atomic E-state index is 0.00591. The molecule has 8 heteroatoms. The van der Waals surface area contributed by atoms with Crippen molar-refractivity contribution in [2.24, 2.45) is 5.92 Å². The van der Waals surface area contributed by atoms with Gasteiger partial charge < -0.3 is 9.47 Å². The maximum atomic E-state index is 11.4. The van der Waals surface area contributed by atoms with Crippen molar-refractivity contribution in [3.05, 3.63) is 12.2 Å². The summed E-state index contributed by atoms with van der Waals surface area (Å²) in [5.41, 5.74) is 0. The van der Waals surface area contributed by atoms with Crippen molar-refractivity contribution in [2.45, 2.75) is 20.8 Å². The number of hydrogen-bond acceptors (Lipinski definition) is 6. The summed E-state index contributed by atoms with van der Waals surface area (Å²) in [6.07, 6.45) is 1.88. The van der Waals surface area contributed by atoms with E-state index in [2.05, 4.69) is 9.46 Å². The second kappa shape index (κ2) is 9.49. The quantitative estimate of drug-likeness (QED) is 0.372. The molecule has 1 N–H and O–H groups in total. The van der Waals surface area contributed by atoms with Crippen molar-refractivity contribution in [1.29, 1.82) is 0 Å². The van der Waals surface area contributed by atoms with Crippen LogP contribution in [0.4, 0.5) is 0 Å². The Hall–Kier alpha value is -1.41. The Morgan fingerprint density at radius 1 is 1.15 bits per heavy atom. The number of carbonyl (C=O) groups is 2. The summed E-state index contributed by atoms with van der Waals surface area (Å²) in [7, 11) is -3.35. The zero-order chi connectivity index (χ0) is 15.6. The highest BCUT2D eigenvalue weighted by Crippen LogP contribution is 1.96. The zero-order valence-electron chi connectivity index (χ0n) is 11.9. The minimum atomic E-state index is -3.35. The van der Waals surface area contributed by atoms with Gasteiger partial charge in [-0.15, -0.1) is 0 Å². The zero-order valence-corrected chi connectivity index (χ0v) is 12.7. The molecular formula is C12H21NO6S. The first-order chi connectivity index (χ1) is 9.26. The fraction of sp³-hybridized carbons (Fsp3) is 0.667. The third-order valence-corrected chi connectivity index (χ3v) is 3.61. The maximum Gasteiger partial charge on any atom is 0.331 e. The number of ether oxygens (including phenoxy) is 2. The van der Waals surface area contributed by atoms with E-state index in [0.717, 1.165) is 12.2 Å². The molecule has 0 bridgehead atoms. The van der Waals surface area contributed by atoms with Gasteiger partial charge in [-0.1, -0.05) is 13.8 Å². The van der Waals surface area contributed by atoms with Crippen molar-refractivity contribution in [2.75, 3.05) is 25.5 Å². The van der Waals surface area contributed by atoms with Gasteiger partial charge >= 0.3 is 11.9 Å². The van der Waals surface area contributed by atoms with Crippen LogP contribution in [0.2, 0.25) is 0 Å². The number of rotatable bonds is 9. The minimum Gasteiger partial charge on any atom is -0.463 e. The van der Waals surface area contributed by atoms with Gasteiger partial charge in [-0.3, -0.25) is 0 Å². The highest BCUT2D eigenvalue weighted by molar-refractivity contribution is 7.89. The van der Waals surface area contributed by atoms with E-state index in [4.69, 9.17) is 4.74 Å². The summed E-state index contributed by atoms with van der Waals surface area (Å²) in [5, 5.41) is 0. The highest BCUT2D eigenvalue weighted by Gasteiger charge is 2.11. The van der Waals surface area contributed by atoms with Gasteiger partial charge in [0.25, 0.3) is 0 Å². The molecule has 0 aromatic heterocycles. The van der Waals surface area contributed by atoms with E-state index in [1.807, 2.05) is 0 Å². The first-order valence-corrected chi connectivity index (χ1v) is 7.91. The Kier molecular flexibility index (Phi) is 8.82. The molecule has 0 amide bonds. The number of esters is 2. The first-order valence-electron chi connectivity index (χ1n) is 6.25. The normalized spacial score (nSPS) is 11.8. The van der Waals surface area contributed by atoms with Crippen LogP contribution >= 0.6 is 0 Å². The Morgan fingerprint density at radius 3 is 2.20 bits per heavy atom. The van der Waals surface area contributed by atoms with Crippen LogP contribution in [0.1, 0.15) is 20.8 Å². The summed E-state index contributed by atoms with van der Waals surface area (Å²) >= 11 is 0. The van der Waals surface area contributed by atoms with Crippen molar-refractivity contribution < 1.29 is 27.5 Å². The second-order valence-corrected chi connectivity index (χ2v) is 6.17. The smallest absolute Gasteiger partial charge is 0.331 e. The van der Waals surface area contributed by atoms with Gasteiger partial charge in [-0.2, -0.15) is 0 Å². The largest absolute Gasteiger partial charge is 0.463 e. The van der Waals surface area contributed by atoms with Crippen LogP contribution in [0.15, 0.2) is 12.2 Å². The second-order valence-electron chi connectivity index (χ2n) is 4.32. The van der Waals surface area contributed by atoms with E-state index in [1.54, 1.807) is 20.8 Å². The van der Waals surface area contributed by atoms with Gasteiger partial charge in [0.15, 0.2) is 0 Å². The fourth-order valence-corrected chi connectivity index (χ4v) is 2.61. The lowest BCUT2D eigenvalue weighted by Crippen LogP contribution is -2.31. The molecule has 0 aromatic rings. The molecule has 0 aliphatic heterocycles. The van der Waals surface area contributed by atoms with Crippen LogP contribution in [0.25, 0.3) is 0 Å². The van der Waals surface area contributed by atoms with E-state index in [1.165, 1.54) is 0 Å². The lowest BCUT2D eigenvalue weighted by Gasteiger charge is -2.08. The molecule has 0 saturated heterocycles. The van der Waals surface area contributed by atoms with Crippen LogP contribution in [0.5, 0.6) is 0 Å². The molecule has 116 valence electrons. The number of hydrogen-bond donors (Lipinski definition) is 1. The van der Waals surface area contributed by atoms with E-state index < -0.39 is 22.0 Å². The van der Waals surface area contributed by atoms with Gasteiger partial charge in [-0.25, -0.2) is 22.7 Å². The van der Waals surface area contributed by atoms with Crippen molar-refractivity contribution in [1.82, 2.24) is 4.72 Å². The molecule has 0 unspecified atom stereocenters. The van der Waals surface area contributed by atoms with E-state index in [0.29, 0.717) is 0 Å². The lowest BCUT2D eigenvalue weighted by atomic mass is 10.3. The third kappa shape index (κ3) is 10.5. The molecule has 0 atom stereocenters. The average Bonchev–Trinajstić information content (AvgIpc) is 2.31. The standard InChI is InChI=1S/C12H21NO6S/c1-4-18-11(14)5-6-12(15)19-8-7-13-20(16,17)9-10(2)3/h5-6,10,13H,4,7-9H2,1-3H3/b6-5+. The van der Waals surface area contributed by atoms with Crippen molar-refractivity contribution in [3.63, 3.8) is 0 Å². The molecule has 0 spiro atoms. The molecule has 20 heavy (non-hydrogen) atoms. The van der Waals surface area contributed by atoms with Gasteiger partial charge in [0.05, 0.1) is 12.4 Å². The van der Waals surface area contributed by atoms with Crippen LogP contribution in [-0.2, 0) is 29.1 Å². The molecule has 0 radical (unpaired) electrons. The van der Waals surface area contributed by atoms with Crippen LogP contribution in [0.3, 0.4) is 0 Å². The Labute approximate surface area is 119 Å². The van der Waals surface area contributed by atoms with Crippen molar-refractivity contribution in [3.8, 4) is 0 Å². The molecule has 7 nitrogen and oxygen atoms in total. The average molecular weight is 307 g/mol. The monoisotopic (exact) mass is 307 g/mol. The molecular weight excluding hydrogens is 286 g/mol. The lowest BCUT2D eigenvalue weighted by molar-refractivity contribution is -0.140. The van der Waals surface area contributed by atoms with Crippen LogP contribution < -0.4 is 4.72 Å². The Balaban J connectivity index is 3.90. The number of nitrogens with one attached hydrogen (secondary N) is 1. The molecule has 0 aliphatic carbocycles. The molecule has 0 heterocycles. The predicted molar refractivity (Wildman–Crippen MR) is 73.4 cm³/mol. The molecule has 0 saturated carbocycles. The fourth-order valence-electron chi connectivity index (χ4n) is 1.22. The molecule has 0 aromatic carbocycles. The highest BCUT2D eigenvalue weighted by atomic mass is 32.2. The third-order valence-electron chi connectivity index (χ3n) is 1.86. The van der Waals surface area contributed by atoms with E-state index in [-0.39, 0.29) is 31.4 Å². The molecule has 0 fully saturated rings. The van der Waals surface area contributed by atoms with Gasteiger partial charge in [-0.05, 0) is 12.8 Å². The van der Waals surface area contributed by atoms with Crippen LogP contribution in [0, 0.1) is 5.92 Å². The SMILES string of the molecule is CCOC(=O)/C=C/C(=O)OCCNS(=O)(=O)CC(C)C. The van der Waals surface area contributed by atoms with E-state index in [9.17, 15) is 18.0 Å². The number of carbonyl (C=O) groups excluding carboxylic acids is 2. The van der Waals surface area contributed by atoms with Crippen LogP contribution in [-0.4, -0.2) is 45.9 Å². The van der Waals surface area contributed by atoms with Gasteiger partial charge in [0.1, 0.15) is 6.61 Å². The maximum absolute atomic E-state index is 11.4. The van der Waals surface area contributed by atoms with Crippen molar-refractivity contribution >= 4 is 22.0 Å². The topological polar surface area (TPSA) is 98.8 Å². The molecule has 0 aliphatic rings. The summed E-state index contributed by atoms with van der Waals surface area (Å²) < 4.78 is 34.5. The summed E-state index contributed by atoms with van der Waals surface area (Å²) in [4.78, 5) is 22.1. The Morgan fingerprint density at radius 2 is 1.70 bits per heavy atom. The Bertz CT molecular complexity index is 441. The summed E-state index contributed by atoms with van der Waals surface area (Å²) in [6.45, 7) is 5.33. The predicted octanol–water partition coefficient (Wildman–Crippen LogP) is 0.224. The van der Waals surface area contributed by atoms with E-state index >= 15 is 0 Å². The summed E-state index contributed by atoms with van der Waals surface area (Å²) in [5.74, 6) is -1.34. The summed E-state index contributed by atoms with van der Waals surface area (Å²) in [6, 6.07) is 0.